The zero-order chi connectivity index (χ0) is 15.2. The lowest BCUT2D eigenvalue weighted by Crippen LogP contribution is -2.18. The average Bonchev–Trinajstić information content (AvgIpc) is 3.06. The van der Waals surface area contributed by atoms with Crippen molar-refractivity contribution >= 4 is 27.9 Å². The van der Waals surface area contributed by atoms with Gasteiger partial charge in [0.2, 0.25) is 0 Å². The van der Waals surface area contributed by atoms with Gasteiger partial charge in [0.05, 0.1) is 10.9 Å². The summed E-state index contributed by atoms with van der Waals surface area (Å²) in [6.07, 6.45) is 2.85. The highest BCUT2D eigenvalue weighted by Crippen LogP contribution is 2.16. The zero-order valence-electron chi connectivity index (χ0n) is 12.0. The van der Waals surface area contributed by atoms with Crippen molar-refractivity contribution in [2.24, 2.45) is 0 Å². The Bertz CT molecular complexity index is 784. The molecule has 22 heavy (non-hydrogen) atoms. The minimum atomic E-state index is -0.160. The fraction of sp³-hybridized carbons (Fsp3) is 0.267. The Kier molecular flexibility index (Phi) is 4.77. The van der Waals surface area contributed by atoms with Gasteiger partial charge in [0.15, 0.2) is 5.82 Å². The fourth-order valence-electron chi connectivity index (χ4n) is 2.21. The maximum absolute atomic E-state index is 11.7. The predicted molar refractivity (Wildman–Crippen MR) is 89.3 cm³/mol. The van der Waals surface area contributed by atoms with Crippen LogP contribution in [0.2, 0.25) is 0 Å². The molecule has 6 nitrogen and oxygen atoms in total. The summed E-state index contributed by atoms with van der Waals surface area (Å²) in [5.41, 5.74) is 1.68. The van der Waals surface area contributed by atoms with Gasteiger partial charge in [-0.1, -0.05) is 18.2 Å². The Balaban J connectivity index is 1.50. The summed E-state index contributed by atoms with van der Waals surface area (Å²) in [5.74, 6) is 0.720. The molecule has 2 heterocycles. The van der Waals surface area contributed by atoms with Gasteiger partial charge < -0.3 is 10.6 Å². The molecule has 0 aliphatic heterocycles. The number of thiazole rings is 1. The van der Waals surface area contributed by atoms with E-state index in [1.807, 2.05) is 29.9 Å². The van der Waals surface area contributed by atoms with Crippen LogP contribution in [0.3, 0.4) is 0 Å². The molecule has 0 unspecified atom stereocenters. The Morgan fingerprint density at radius 1 is 1.18 bits per heavy atom. The number of nitrogens with one attached hydrogen (secondary N) is 3. The molecule has 0 aliphatic rings. The van der Waals surface area contributed by atoms with Gasteiger partial charge >= 0.3 is 0 Å². The quantitative estimate of drug-likeness (QED) is 0.581. The number of fused-ring (bicyclic) bond motifs is 1. The summed E-state index contributed by atoms with van der Waals surface area (Å²) < 4.78 is 0. The van der Waals surface area contributed by atoms with Gasteiger partial charge in [0.25, 0.3) is 5.56 Å². The van der Waals surface area contributed by atoms with Crippen LogP contribution >= 0.6 is 11.3 Å². The van der Waals surface area contributed by atoms with Gasteiger partial charge in [-0.25, -0.2) is 5.10 Å². The van der Waals surface area contributed by atoms with E-state index in [1.165, 1.54) is 4.88 Å². The Labute approximate surface area is 131 Å². The van der Waals surface area contributed by atoms with E-state index in [-0.39, 0.29) is 5.56 Å². The highest BCUT2D eigenvalue weighted by atomic mass is 32.1. The van der Waals surface area contributed by atoms with Crippen LogP contribution in [0, 0.1) is 0 Å². The van der Waals surface area contributed by atoms with Crippen LogP contribution in [0.5, 0.6) is 0 Å². The molecule has 7 heteroatoms. The molecule has 114 valence electrons. The Morgan fingerprint density at radius 2 is 2.05 bits per heavy atom. The molecule has 2 aromatic heterocycles. The van der Waals surface area contributed by atoms with Gasteiger partial charge in [-0.2, -0.15) is 5.10 Å². The number of aromatic nitrogens is 3. The van der Waals surface area contributed by atoms with Crippen molar-refractivity contribution in [2.45, 2.75) is 13.0 Å². The predicted octanol–water partition coefficient (Wildman–Crippen LogP) is 1.97. The number of hydrogen-bond donors (Lipinski definition) is 3. The van der Waals surface area contributed by atoms with Crippen LogP contribution in [0.15, 0.2) is 40.8 Å². The molecule has 3 aromatic rings. The zero-order valence-corrected chi connectivity index (χ0v) is 12.8. The molecule has 0 aliphatic carbocycles. The summed E-state index contributed by atoms with van der Waals surface area (Å²) >= 11 is 1.65. The number of aromatic amines is 1. The second kappa shape index (κ2) is 7.15. The molecule has 0 saturated carbocycles. The highest BCUT2D eigenvalue weighted by Gasteiger charge is 2.04. The SMILES string of the molecule is O=c1[nH]nc(NCCCNCc2cncs2)c2ccccc12. The molecular formula is C15H17N5OS. The first-order valence-electron chi connectivity index (χ1n) is 7.14. The van der Waals surface area contributed by atoms with Crippen LogP contribution in [-0.4, -0.2) is 28.3 Å². The lowest BCUT2D eigenvalue weighted by Gasteiger charge is -2.08. The van der Waals surface area contributed by atoms with Crippen LogP contribution < -0.4 is 16.2 Å². The van der Waals surface area contributed by atoms with E-state index in [0.717, 1.165) is 37.3 Å². The maximum atomic E-state index is 11.7. The minimum Gasteiger partial charge on any atom is -0.368 e. The molecule has 0 saturated heterocycles. The first-order chi connectivity index (χ1) is 10.8. The number of nitrogens with zero attached hydrogens (tertiary/aromatic N) is 2. The molecular weight excluding hydrogens is 298 g/mol. The van der Waals surface area contributed by atoms with Crippen molar-refractivity contribution < 1.29 is 0 Å². The summed E-state index contributed by atoms with van der Waals surface area (Å²) in [5, 5.41) is 14.8. The van der Waals surface area contributed by atoms with Crippen molar-refractivity contribution in [3.63, 3.8) is 0 Å². The lowest BCUT2D eigenvalue weighted by molar-refractivity contribution is 0.667. The van der Waals surface area contributed by atoms with E-state index in [2.05, 4.69) is 25.8 Å². The standard InChI is InChI=1S/C15H17N5OS/c21-15-13-5-2-1-4-12(13)14(19-20-15)18-7-3-6-16-8-11-9-17-10-22-11/h1-2,4-5,9-10,16H,3,6-8H2,(H,18,19)(H,20,21). The third-order valence-corrected chi connectivity index (χ3v) is 4.08. The molecule has 3 rings (SSSR count). The molecule has 0 radical (unpaired) electrons. The van der Waals surface area contributed by atoms with Crippen molar-refractivity contribution in [2.75, 3.05) is 18.4 Å². The maximum Gasteiger partial charge on any atom is 0.272 e. The van der Waals surface area contributed by atoms with Gasteiger partial charge in [0.1, 0.15) is 0 Å². The number of hydrogen-bond acceptors (Lipinski definition) is 6. The Hall–Kier alpha value is -2.25. The smallest absolute Gasteiger partial charge is 0.272 e. The Morgan fingerprint density at radius 3 is 2.86 bits per heavy atom. The summed E-state index contributed by atoms with van der Waals surface area (Å²) in [7, 11) is 0. The molecule has 0 amide bonds. The monoisotopic (exact) mass is 315 g/mol. The lowest BCUT2D eigenvalue weighted by atomic mass is 10.2. The number of anilines is 1. The summed E-state index contributed by atoms with van der Waals surface area (Å²) in [6, 6.07) is 7.47. The normalized spacial score (nSPS) is 10.9. The molecule has 3 N–H and O–H groups in total. The first-order valence-corrected chi connectivity index (χ1v) is 8.02. The third-order valence-electron chi connectivity index (χ3n) is 3.30. The molecule has 0 fully saturated rings. The van der Waals surface area contributed by atoms with E-state index >= 15 is 0 Å². The molecule has 0 spiro atoms. The van der Waals surface area contributed by atoms with Crippen molar-refractivity contribution in [1.29, 1.82) is 0 Å². The van der Waals surface area contributed by atoms with Crippen molar-refractivity contribution in [3.8, 4) is 0 Å². The summed E-state index contributed by atoms with van der Waals surface area (Å²) in [4.78, 5) is 17.0. The van der Waals surface area contributed by atoms with Crippen molar-refractivity contribution in [3.05, 3.63) is 51.2 Å². The average molecular weight is 315 g/mol. The van der Waals surface area contributed by atoms with Crippen LogP contribution in [-0.2, 0) is 6.54 Å². The topological polar surface area (TPSA) is 82.7 Å². The second-order valence-electron chi connectivity index (χ2n) is 4.87. The first kappa shape index (κ1) is 14.7. The van der Waals surface area contributed by atoms with Crippen LogP contribution in [0.25, 0.3) is 10.8 Å². The number of rotatable bonds is 7. The fourth-order valence-corrected chi connectivity index (χ4v) is 2.77. The molecule has 0 bridgehead atoms. The minimum absolute atomic E-state index is 0.160. The van der Waals surface area contributed by atoms with Crippen LogP contribution in [0.4, 0.5) is 5.82 Å². The molecule has 1 aromatic carbocycles. The highest BCUT2D eigenvalue weighted by molar-refractivity contribution is 7.09. The van der Waals surface area contributed by atoms with E-state index < -0.39 is 0 Å². The van der Waals surface area contributed by atoms with Gasteiger partial charge in [-0.3, -0.25) is 9.78 Å². The number of benzene rings is 1. The van der Waals surface area contributed by atoms with Crippen molar-refractivity contribution in [1.82, 2.24) is 20.5 Å². The second-order valence-corrected chi connectivity index (χ2v) is 5.84. The van der Waals surface area contributed by atoms with E-state index in [0.29, 0.717) is 5.39 Å². The van der Waals surface area contributed by atoms with Crippen LogP contribution in [0.1, 0.15) is 11.3 Å². The molecule has 0 atom stereocenters. The van der Waals surface area contributed by atoms with E-state index in [9.17, 15) is 4.79 Å². The van der Waals surface area contributed by atoms with Gasteiger partial charge in [0, 0.05) is 29.5 Å². The van der Waals surface area contributed by atoms with E-state index in [4.69, 9.17) is 0 Å². The third kappa shape index (κ3) is 3.49. The van der Waals surface area contributed by atoms with Gasteiger partial charge in [-0.15, -0.1) is 11.3 Å². The summed E-state index contributed by atoms with van der Waals surface area (Å²) in [6.45, 7) is 2.55. The number of H-pyrrole nitrogens is 1. The van der Waals surface area contributed by atoms with Gasteiger partial charge in [-0.05, 0) is 19.0 Å². The van der Waals surface area contributed by atoms with E-state index in [1.54, 1.807) is 17.4 Å². The largest absolute Gasteiger partial charge is 0.368 e.